The van der Waals surface area contributed by atoms with Gasteiger partial charge in [-0.05, 0) is 33.4 Å². The summed E-state index contributed by atoms with van der Waals surface area (Å²) in [6.07, 6.45) is 1.15. The second-order valence-electron chi connectivity index (χ2n) is 4.03. The minimum Gasteiger partial charge on any atom is -0.390 e. The predicted molar refractivity (Wildman–Crippen MR) is 57.9 cm³/mol. The summed E-state index contributed by atoms with van der Waals surface area (Å²) in [5, 5.41) is 9.70. The Hall–Kier alpha value is -0.0800. The van der Waals surface area contributed by atoms with Crippen LogP contribution in [0.25, 0.3) is 0 Å². The van der Waals surface area contributed by atoms with Crippen LogP contribution in [0.4, 0.5) is 0 Å². The third kappa shape index (κ3) is 4.10. The molecular formula is C11H25NO. The van der Waals surface area contributed by atoms with Crippen molar-refractivity contribution in [2.24, 2.45) is 5.92 Å². The van der Waals surface area contributed by atoms with Crippen molar-refractivity contribution in [3.63, 3.8) is 0 Å². The molecule has 0 aromatic carbocycles. The van der Waals surface area contributed by atoms with Crippen LogP contribution in [-0.2, 0) is 0 Å². The van der Waals surface area contributed by atoms with Crippen LogP contribution in [-0.4, -0.2) is 35.2 Å². The first-order valence-corrected chi connectivity index (χ1v) is 5.48. The summed E-state index contributed by atoms with van der Waals surface area (Å²) in [7, 11) is 0. The molecule has 2 heteroatoms. The molecular weight excluding hydrogens is 162 g/mol. The summed E-state index contributed by atoms with van der Waals surface area (Å²) in [6, 6.07) is 0. The van der Waals surface area contributed by atoms with Crippen LogP contribution in [0.3, 0.4) is 0 Å². The molecule has 0 saturated carbocycles. The number of nitrogens with zero attached hydrogens (tertiary/aromatic N) is 1. The number of aliphatic hydroxyl groups is 1. The van der Waals surface area contributed by atoms with Crippen molar-refractivity contribution < 1.29 is 5.11 Å². The molecule has 0 unspecified atom stereocenters. The monoisotopic (exact) mass is 187 g/mol. The zero-order chi connectivity index (χ0) is 10.5. The predicted octanol–water partition coefficient (Wildman–Crippen LogP) is 2.13. The molecule has 0 aliphatic carbocycles. The molecule has 80 valence electrons. The highest BCUT2D eigenvalue weighted by Crippen LogP contribution is 2.26. The molecule has 0 radical (unpaired) electrons. The van der Waals surface area contributed by atoms with E-state index in [4.69, 9.17) is 0 Å². The van der Waals surface area contributed by atoms with E-state index in [-0.39, 0.29) is 0 Å². The van der Waals surface area contributed by atoms with Crippen LogP contribution in [0.5, 0.6) is 0 Å². The molecule has 0 aromatic rings. The van der Waals surface area contributed by atoms with Gasteiger partial charge in [0.15, 0.2) is 0 Å². The van der Waals surface area contributed by atoms with Gasteiger partial charge in [0.1, 0.15) is 0 Å². The van der Waals surface area contributed by atoms with Gasteiger partial charge in [-0.25, -0.2) is 0 Å². The zero-order valence-corrected chi connectivity index (χ0v) is 9.80. The van der Waals surface area contributed by atoms with Crippen LogP contribution in [0.15, 0.2) is 0 Å². The molecule has 2 nitrogen and oxygen atoms in total. The third-order valence-corrected chi connectivity index (χ3v) is 2.72. The van der Waals surface area contributed by atoms with Gasteiger partial charge >= 0.3 is 0 Å². The van der Waals surface area contributed by atoms with Gasteiger partial charge in [-0.2, -0.15) is 0 Å². The van der Waals surface area contributed by atoms with Crippen molar-refractivity contribution in [3.05, 3.63) is 0 Å². The Labute approximate surface area is 82.9 Å². The van der Waals surface area contributed by atoms with Gasteiger partial charge in [0.2, 0.25) is 0 Å². The van der Waals surface area contributed by atoms with E-state index in [0.29, 0.717) is 5.92 Å². The van der Waals surface area contributed by atoms with Crippen molar-refractivity contribution in [1.82, 2.24) is 4.90 Å². The van der Waals surface area contributed by atoms with E-state index in [1.54, 1.807) is 0 Å². The number of hydrogen-bond donors (Lipinski definition) is 1. The Bertz CT molecular complexity index is 129. The summed E-state index contributed by atoms with van der Waals surface area (Å²) < 4.78 is 0. The van der Waals surface area contributed by atoms with E-state index in [0.717, 1.165) is 26.1 Å². The van der Waals surface area contributed by atoms with Crippen molar-refractivity contribution >= 4 is 0 Å². The average molecular weight is 187 g/mol. The maximum absolute atomic E-state index is 9.70. The Kier molecular flexibility index (Phi) is 5.57. The summed E-state index contributed by atoms with van der Waals surface area (Å²) in [4.78, 5) is 2.39. The first-order valence-electron chi connectivity index (χ1n) is 5.48. The van der Waals surface area contributed by atoms with E-state index < -0.39 is 5.60 Å². The number of likely N-dealkylation sites (tertiary alicyclic amines) is 1. The zero-order valence-electron chi connectivity index (χ0n) is 9.80. The minimum absolute atomic E-state index is 0.474. The molecule has 1 rings (SSSR count). The van der Waals surface area contributed by atoms with E-state index in [1.165, 1.54) is 0 Å². The van der Waals surface area contributed by atoms with E-state index in [2.05, 4.69) is 11.8 Å². The Morgan fingerprint density at radius 3 is 2.15 bits per heavy atom. The van der Waals surface area contributed by atoms with Crippen molar-refractivity contribution in [2.45, 2.75) is 46.6 Å². The highest BCUT2D eigenvalue weighted by molar-refractivity contribution is 4.85. The first-order chi connectivity index (χ1) is 6.04. The fraction of sp³-hybridized carbons (Fsp3) is 1.00. The normalized spacial score (nSPS) is 24.0. The van der Waals surface area contributed by atoms with Gasteiger partial charge in [-0.1, -0.05) is 20.8 Å². The molecule has 0 spiro atoms. The fourth-order valence-corrected chi connectivity index (χ4v) is 1.70. The maximum atomic E-state index is 9.70. The van der Waals surface area contributed by atoms with Gasteiger partial charge in [0.05, 0.1) is 5.60 Å². The second kappa shape index (κ2) is 5.61. The smallest absolute Gasteiger partial charge is 0.0632 e. The lowest BCUT2D eigenvalue weighted by Gasteiger charge is -2.25. The molecule has 1 atom stereocenters. The summed E-state index contributed by atoms with van der Waals surface area (Å²) in [6.45, 7) is 13.3. The molecule has 1 heterocycles. The van der Waals surface area contributed by atoms with Crippen molar-refractivity contribution in [3.8, 4) is 0 Å². The van der Waals surface area contributed by atoms with Crippen LogP contribution in [0.2, 0.25) is 0 Å². The lowest BCUT2D eigenvalue weighted by Crippen LogP contribution is -2.33. The highest BCUT2D eigenvalue weighted by Gasteiger charge is 2.32. The van der Waals surface area contributed by atoms with Gasteiger partial charge in [-0.15, -0.1) is 0 Å². The van der Waals surface area contributed by atoms with Gasteiger partial charge in [-0.3, -0.25) is 0 Å². The van der Waals surface area contributed by atoms with Crippen LogP contribution < -0.4 is 0 Å². The van der Waals surface area contributed by atoms with Gasteiger partial charge in [0.25, 0.3) is 0 Å². The highest BCUT2D eigenvalue weighted by atomic mass is 16.3. The molecule has 1 aliphatic heterocycles. The first kappa shape index (κ1) is 12.9. The molecule has 13 heavy (non-hydrogen) atoms. The molecule has 1 fully saturated rings. The van der Waals surface area contributed by atoms with Crippen LogP contribution >= 0.6 is 0 Å². The molecule has 1 saturated heterocycles. The standard InChI is InChI=1S/C9H19NO.C2H6/c1-4-10-6-5-8(7-10)9(2,3)11;1-2/h8,11H,4-7H2,1-3H3;1-2H3/t8-;/m0./s1. The van der Waals surface area contributed by atoms with Gasteiger partial charge < -0.3 is 10.0 Å². The lowest BCUT2D eigenvalue weighted by atomic mass is 9.90. The third-order valence-electron chi connectivity index (χ3n) is 2.72. The average Bonchev–Trinajstić information content (AvgIpc) is 2.54. The molecule has 1 N–H and O–H groups in total. The molecule has 0 aromatic heterocycles. The number of rotatable bonds is 2. The fourth-order valence-electron chi connectivity index (χ4n) is 1.70. The van der Waals surface area contributed by atoms with E-state index >= 15 is 0 Å². The van der Waals surface area contributed by atoms with Crippen LogP contribution in [0, 0.1) is 5.92 Å². The van der Waals surface area contributed by atoms with Gasteiger partial charge in [0, 0.05) is 12.5 Å². The quantitative estimate of drug-likeness (QED) is 0.716. The number of hydrogen-bond acceptors (Lipinski definition) is 2. The second-order valence-corrected chi connectivity index (χ2v) is 4.03. The Morgan fingerprint density at radius 2 is 1.92 bits per heavy atom. The minimum atomic E-state index is -0.482. The Balaban J connectivity index is 0.000000671. The summed E-state index contributed by atoms with van der Waals surface area (Å²) in [5.74, 6) is 0.474. The molecule has 1 aliphatic rings. The van der Waals surface area contributed by atoms with Crippen molar-refractivity contribution in [2.75, 3.05) is 19.6 Å². The Morgan fingerprint density at radius 1 is 1.38 bits per heavy atom. The largest absolute Gasteiger partial charge is 0.390 e. The molecule has 0 bridgehead atoms. The van der Waals surface area contributed by atoms with Crippen molar-refractivity contribution in [1.29, 1.82) is 0 Å². The SMILES string of the molecule is CC.CCN1CC[C@H](C(C)(C)O)C1. The maximum Gasteiger partial charge on any atom is 0.0632 e. The van der Waals surface area contributed by atoms with E-state index in [1.807, 2.05) is 27.7 Å². The topological polar surface area (TPSA) is 23.5 Å². The van der Waals surface area contributed by atoms with E-state index in [9.17, 15) is 5.11 Å². The lowest BCUT2D eigenvalue weighted by molar-refractivity contribution is 0.0213. The summed E-state index contributed by atoms with van der Waals surface area (Å²) in [5.41, 5.74) is -0.482. The molecule has 0 amide bonds. The summed E-state index contributed by atoms with van der Waals surface area (Å²) >= 11 is 0. The van der Waals surface area contributed by atoms with Crippen LogP contribution in [0.1, 0.15) is 41.0 Å².